The molecule has 92 valence electrons. The molecule has 0 bridgehead atoms. The van der Waals surface area contributed by atoms with Gasteiger partial charge in [-0.25, -0.2) is 0 Å². The summed E-state index contributed by atoms with van der Waals surface area (Å²) >= 11 is 6.03. The number of hydrogen-bond acceptors (Lipinski definition) is 4. The Balaban J connectivity index is 0.00000144. The molecule has 0 fully saturated rings. The molecule has 6 heteroatoms. The Morgan fingerprint density at radius 3 is 2.71 bits per heavy atom. The topological polar surface area (TPSA) is 64.9 Å². The summed E-state index contributed by atoms with van der Waals surface area (Å²) in [5.41, 5.74) is 6.60. The van der Waals surface area contributed by atoms with Crippen LogP contribution < -0.4 is 5.73 Å². The standard InChI is InChI=1S/C11H12ClN3O.ClH/c1-7(13)11-14-10(15-16-11)6-8-4-2-3-5-9(8)12;/h2-5,7H,6,13H2,1H3;1H/t7-;/m1./s1. The molecule has 0 aliphatic rings. The lowest BCUT2D eigenvalue weighted by molar-refractivity contribution is 0.358. The van der Waals surface area contributed by atoms with Crippen molar-refractivity contribution in [3.8, 4) is 0 Å². The highest BCUT2D eigenvalue weighted by Gasteiger charge is 2.11. The van der Waals surface area contributed by atoms with E-state index in [2.05, 4.69) is 10.1 Å². The molecule has 2 N–H and O–H groups in total. The number of rotatable bonds is 3. The van der Waals surface area contributed by atoms with Crippen LogP contribution in [0.25, 0.3) is 0 Å². The summed E-state index contributed by atoms with van der Waals surface area (Å²) < 4.78 is 5.01. The van der Waals surface area contributed by atoms with Gasteiger partial charge >= 0.3 is 0 Å². The van der Waals surface area contributed by atoms with Crippen LogP contribution in [0.15, 0.2) is 28.8 Å². The average molecular weight is 274 g/mol. The van der Waals surface area contributed by atoms with Gasteiger partial charge in [0.15, 0.2) is 5.82 Å². The van der Waals surface area contributed by atoms with E-state index in [0.717, 1.165) is 5.56 Å². The Hall–Kier alpha value is -1.10. The third-order valence-electron chi connectivity index (χ3n) is 2.18. The molecule has 0 amide bonds. The van der Waals surface area contributed by atoms with Gasteiger partial charge in [-0.15, -0.1) is 12.4 Å². The van der Waals surface area contributed by atoms with Crippen LogP contribution in [0.1, 0.15) is 30.2 Å². The predicted octanol–water partition coefficient (Wildman–Crippen LogP) is 2.76. The van der Waals surface area contributed by atoms with E-state index in [1.165, 1.54) is 0 Å². The van der Waals surface area contributed by atoms with E-state index in [4.69, 9.17) is 21.9 Å². The van der Waals surface area contributed by atoms with Gasteiger partial charge in [0.2, 0.25) is 5.89 Å². The first kappa shape index (κ1) is 14.0. The van der Waals surface area contributed by atoms with Gasteiger partial charge in [-0.3, -0.25) is 0 Å². The molecule has 1 aromatic heterocycles. The molecule has 0 aliphatic heterocycles. The molecule has 0 saturated carbocycles. The SMILES string of the molecule is C[C@@H](N)c1nc(Cc2ccccc2Cl)no1.Cl. The summed E-state index contributed by atoms with van der Waals surface area (Å²) in [5.74, 6) is 1.04. The number of nitrogens with two attached hydrogens (primary N) is 1. The van der Waals surface area contributed by atoms with E-state index < -0.39 is 0 Å². The summed E-state index contributed by atoms with van der Waals surface area (Å²) in [7, 11) is 0. The van der Waals surface area contributed by atoms with Crippen LogP contribution in [0.5, 0.6) is 0 Å². The Kier molecular flexibility index (Phi) is 4.93. The zero-order valence-corrected chi connectivity index (χ0v) is 10.8. The zero-order chi connectivity index (χ0) is 11.5. The van der Waals surface area contributed by atoms with Gasteiger partial charge in [-0.1, -0.05) is 35.0 Å². The second-order valence-electron chi connectivity index (χ2n) is 3.61. The van der Waals surface area contributed by atoms with E-state index >= 15 is 0 Å². The highest BCUT2D eigenvalue weighted by Crippen LogP contribution is 2.18. The molecule has 0 spiro atoms. The maximum atomic E-state index is 6.03. The van der Waals surface area contributed by atoms with Crippen molar-refractivity contribution in [1.82, 2.24) is 10.1 Å². The number of benzene rings is 1. The first-order chi connectivity index (χ1) is 7.66. The number of aromatic nitrogens is 2. The lowest BCUT2D eigenvalue weighted by atomic mass is 10.1. The zero-order valence-electron chi connectivity index (χ0n) is 9.26. The minimum atomic E-state index is -0.243. The molecule has 1 aromatic carbocycles. The fourth-order valence-electron chi connectivity index (χ4n) is 1.34. The highest BCUT2D eigenvalue weighted by atomic mass is 35.5. The maximum absolute atomic E-state index is 6.03. The molecular formula is C11H13Cl2N3O. The van der Waals surface area contributed by atoms with Crippen molar-refractivity contribution < 1.29 is 4.52 Å². The molecule has 2 rings (SSSR count). The van der Waals surface area contributed by atoms with E-state index in [1.54, 1.807) is 6.92 Å². The van der Waals surface area contributed by atoms with Crippen LogP contribution in [0.4, 0.5) is 0 Å². The Bertz CT molecular complexity index is 485. The van der Waals surface area contributed by atoms with Crippen molar-refractivity contribution in [3.63, 3.8) is 0 Å². The first-order valence-electron chi connectivity index (χ1n) is 4.98. The number of halogens is 2. The molecule has 17 heavy (non-hydrogen) atoms. The quantitative estimate of drug-likeness (QED) is 0.934. The summed E-state index contributed by atoms with van der Waals surface area (Å²) in [6.45, 7) is 1.80. The molecule has 4 nitrogen and oxygen atoms in total. The Morgan fingerprint density at radius 2 is 2.12 bits per heavy atom. The van der Waals surface area contributed by atoms with Crippen LogP contribution in [0.2, 0.25) is 5.02 Å². The van der Waals surface area contributed by atoms with E-state index in [-0.39, 0.29) is 18.4 Å². The van der Waals surface area contributed by atoms with Crippen LogP contribution in [-0.4, -0.2) is 10.1 Å². The summed E-state index contributed by atoms with van der Waals surface area (Å²) in [6, 6.07) is 7.34. The molecular weight excluding hydrogens is 261 g/mol. The van der Waals surface area contributed by atoms with Crippen molar-refractivity contribution >= 4 is 24.0 Å². The lowest BCUT2D eigenvalue weighted by Gasteiger charge is -1.99. The van der Waals surface area contributed by atoms with Crippen molar-refractivity contribution in [3.05, 3.63) is 46.6 Å². The minimum Gasteiger partial charge on any atom is -0.338 e. The minimum absolute atomic E-state index is 0. The second kappa shape index (κ2) is 6.00. The second-order valence-corrected chi connectivity index (χ2v) is 4.01. The molecule has 2 aromatic rings. The van der Waals surface area contributed by atoms with E-state index in [9.17, 15) is 0 Å². The van der Waals surface area contributed by atoms with Crippen LogP contribution in [-0.2, 0) is 6.42 Å². The molecule has 0 saturated heterocycles. The van der Waals surface area contributed by atoms with Gasteiger partial charge in [0.1, 0.15) is 0 Å². The largest absolute Gasteiger partial charge is 0.338 e. The fourth-order valence-corrected chi connectivity index (χ4v) is 1.54. The monoisotopic (exact) mass is 273 g/mol. The summed E-state index contributed by atoms with van der Waals surface area (Å²) in [4.78, 5) is 4.18. The van der Waals surface area contributed by atoms with Crippen molar-refractivity contribution in [2.45, 2.75) is 19.4 Å². The predicted molar refractivity (Wildman–Crippen MR) is 68.4 cm³/mol. The van der Waals surface area contributed by atoms with Crippen LogP contribution in [0, 0.1) is 0 Å². The van der Waals surface area contributed by atoms with Crippen molar-refractivity contribution in [2.24, 2.45) is 5.73 Å². The van der Waals surface area contributed by atoms with Gasteiger partial charge < -0.3 is 10.3 Å². The van der Waals surface area contributed by atoms with Crippen LogP contribution in [0.3, 0.4) is 0 Å². The molecule has 0 aliphatic carbocycles. The van der Waals surface area contributed by atoms with Crippen molar-refractivity contribution in [1.29, 1.82) is 0 Å². The Morgan fingerprint density at radius 1 is 1.41 bits per heavy atom. The summed E-state index contributed by atoms with van der Waals surface area (Å²) in [6.07, 6.45) is 0.551. The summed E-state index contributed by atoms with van der Waals surface area (Å²) in [5, 5.41) is 4.55. The number of nitrogens with zero attached hydrogens (tertiary/aromatic N) is 2. The lowest BCUT2D eigenvalue weighted by Crippen LogP contribution is -2.05. The normalized spacial score (nSPS) is 11.9. The van der Waals surface area contributed by atoms with E-state index in [1.807, 2.05) is 24.3 Å². The third-order valence-corrected chi connectivity index (χ3v) is 2.55. The average Bonchev–Trinajstić information content (AvgIpc) is 2.70. The van der Waals surface area contributed by atoms with E-state index in [0.29, 0.717) is 23.2 Å². The molecule has 0 radical (unpaired) electrons. The van der Waals surface area contributed by atoms with Gasteiger partial charge in [-0.2, -0.15) is 4.98 Å². The van der Waals surface area contributed by atoms with Gasteiger partial charge in [0.25, 0.3) is 0 Å². The fraction of sp³-hybridized carbons (Fsp3) is 0.273. The maximum Gasteiger partial charge on any atom is 0.243 e. The molecule has 1 atom stereocenters. The van der Waals surface area contributed by atoms with Gasteiger partial charge in [-0.05, 0) is 18.6 Å². The molecule has 1 heterocycles. The first-order valence-corrected chi connectivity index (χ1v) is 5.36. The van der Waals surface area contributed by atoms with Crippen LogP contribution >= 0.6 is 24.0 Å². The molecule has 0 unspecified atom stereocenters. The van der Waals surface area contributed by atoms with Gasteiger partial charge in [0, 0.05) is 11.4 Å². The smallest absolute Gasteiger partial charge is 0.243 e. The highest BCUT2D eigenvalue weighted by molar-refractivity contribution is 6.31. The third kappa shape index (κ3) is 3.43. The van der Waals surface area contributed by atoms with Crippen molar-refractivity contribution in [2.75, 3.05) is 0 Å². The van der Waals surface area contributed by atoms with Gasteiger partial charge in [0.05, 0.1) is 6.04 Å². The number of hydrogen-bond donors (Lipinski definition) is 1. The Labute approximate surface area is 111 Å².